The highest BCUT2D eigenvalue weighted by Gasteiger charge is 2.25. The Kier molecular flexibility index (Phi) is 4.24. The second-order valence-electron chi connectivity index (χ2n) is 7.56. The molecule has 1 amide bonds. The van der Waals surface area contributed by atoms with E-state index in [9.17, 15) is 4.79 Å². The van der Waals surface area contributed by atoms with Crippen molar-refractivity contribution >= 4 is 44.3 Å². The standard InChI is InChI=1S/C21H22N6OS/c1-12-25-17-4-3-14(9-18(17)29-12)16-10-27(21-19(16)20(22)23-11-24-21)15-5-7-26(8-6-15)13(2)28/h3-4,9-11,15H,5-8H2,1-2H3,(H2,22,23,24). The molecule has 1 fully saturated rings. The van der Waals surface area contributed by atoms with Gasteiger partial charge in [-0.25, -0.2) is 15.0 Å². The molecule has 1 aromatic carbocycles. The molecule has 7 nitrogen and oxygen atoms in total. The Morgan fingerprint density at radius 2 is 2.03 bits per heavy atom. The van der Waals surface area contributed by atoms with Crippen LogP contribution in [0.15, 0.2) is 30.7 Å². The third kappa shape index (κ3) is 3.04. The summed E-state index contributed by atoms with van der Waals surface area (Å²) in [4.78, 5) is 27.0. The number of rotatable bonds is 2. The lowest BCUT2D eigenvalue weighted by atomic mass is 10.0. The molecule has 0 unspecified atom stereocenters. The number of benzene rings is 1. The average Bonchev–Trinajstić information content (AvgIpc) is 3.28. The average molecular weight is 407 g/mol. The zero-order valence-corrected chi connectivity index (χ0v) is 17.2. The predicted molar refractivity (Wildman–Crippen MR) is 116 cm³/mol. The fourth-order valence-electron chi connectivity index (χ4n) is 4.27. The van der Waals surface area contributed by atoms with E-state index in [1.54, 1.807) is 18.3 Å². The highest BCUT2D eigenvalue weighted by molar-refractivity contribution is 7.18. The van der Waals surface area contributed by atoms with E-state index >= 15 is 0 Å². The van der Waals surface area contributed by atoms with Gasteiger partial charge in [0.25, 0.3) is 0 Å². The van der Waals surface area contributed by atoms with E-state index in [0.29, 0.717) is 5.82 Å². The molecule has 0 atom stereocenters. The summed E-state index contributed by atoms with van der Waals surface area (Å²) in [6.07, 6.45) is 5.48. The number of aromatic nitrogens is 4. The van der Waals surface area contributed by atoms with E-state index in [1.165, 1.54) is 6.33 Å². The first-order valence-electron chi connectivity index (χ1n) is 9.75. The van der Waals surface area contributed by atoms with Gasteiger partial charge in [-0.3, -0.25) is 4.79 Å². The van der Waals surface area contributed by atoms with Gasteiger partial charge in [0.1, 0.15) is 17.8 Å². The molecule has 3 aromatic heterocycles. The van der Waals surface area contributed by atoms with Crippen molar-refractivity contribution in [1.82, 2.24) is 24.4 Å². The van der Waals surface area contributed by atoms with Gasteiger partial charge in [0.05, 0.1) is 20.6 Å². The summed E-state index contributed by atoms with van der Waals surface area (Å²) in [5, 5.41) is 1.95. The van der Waals surface area contributed by atoms with Crippen molar-refractivity contribution < 1.29 is 4.79 Å². The van der Waals surface area contributed by atoms with Crippen LogP contribution in [-0.4, -0.2) is 43.4 Å². The van der Waals surface area contributed by atoms with Gasteiger partial charge >= 0.3 is 0 Å². The lowest BCUT2D eigenvalue weighted by Gasteiger charge is -2.32. The normalized spacial score (nSPS) is 15.4. The molecular formula is C21H22N6OS. The van der Waals surface area contributed by atoms with Gasteiger partial charge in [-0.2, -0.15) is 0 Å². The Labute approximate surface area is 172 Å². The van der Waals surface area contributed by atoms with Crippen molar-refractivity contribution in [2.24, 2.45) is 0 Å². The first kappa shape index (κ1) is 18.1. The number of amides is 1. The summed E-state index contributed by atoms with van der Waals surface area (Å²) in [5.74, 6) is 0.631. The number of nitrogen functional groups attached to an aromatic ring is 1. The van der Waals surface area contributed by atoms with E-state index in [2.05, 4.69) is 43.9 Å². The lowest BCUT2D eigenvalue weighted by molar-refractivity contribution is -0.130. The fraction of sp³-hybridized carbons (Fsp3) is 0.333. The van der Waals surface area contributed by atoms with E-state index < -0.39 is 0 Å². The van der Waals surface area contributed by atoms with Crippen LogP contribution in [0.1, 0.15) is 30.8 Å². The number of hydrogen-bond donors (Lipinski definition) is 1. The Bertz CT molecular complexity index is 1230. The maximum atomic E-state index is 11.7. The summed E-state index contributed by atoms with van der Waals surface area (Å²) in [7, 11) is 0. The van der Waals surface area contributed by atoms with E-state index in [1.807, 2.05) is 11.8 Å². The maximum Gasteiger partial charge on any atom is 0.219 e. The molecule has 8 heteroatoms. The molecule has 29 heavy (non-hydrogen) atoms. The largest absolute Gasteiger partial charge is 0.383 e. The monoisotopic (exact) mass is 406 g/mol. The second-order valence-corrected chi connectivity index (χ2v) is 8.79. The quantitative estimate of drug-likeness (QED) is 0.547. The molecule has 2 N–H and O–H groups in total. The van der Waals surface area contributed by atoms with Crippen molar-refractivity contribution in [3.05, 3.63) is 35.7 Å². The van der Waals surface area contributed by atoms with E-state index in [0.717, 1.165) is 63.3 Å². The number of aryl methyl sites for hydroxylation is 1. The molecule has 1 saturated heterocycles. The van der Waals surface area contributed by atoms with Crippen molar-refractivity contribution in [2.75, 3.05) is 18.8 Å². The first-order valence-corrected chi connectivity index (χ1v) is 10.6. The van der Waals surface area contributed by atoms with Gasteiger partial charge in [0.2, 0.25) is 5.91 Å². The van der Waals surface area contributed by atoms with Crippen LogP contribution < -0.4 is 5.73 Å². The van der Waals surface area contributed by atoms with Crippen molar-refractivity contribution in [3.63, 3.8) is 0 Å². The van der Waals surface area contributed by atoms with Crippen LogP contribution >= 0.6 is 11.3 Å². The topological polar surface area (TPSA) is 89.9 Å². The lowest BCUT2D eigenvalue weighted by Crippen LogP contribution is -2.37. The molecule has 5 rings (SSSR count). The molecule has 1 aliphatic rings. The Hall–Kier alpha value is -3.00. The summed E-state index contributed by atoms with van der Waals surface area (Å²) in [5.41, 5.74) is 10.3. The number of carbonyl (C=O) groups is 1. The van der Waals surface area contributed by atoms with Gasteiger partial charge in [0.15, 0.2) is 0 Å². The third-order valence-corrected chi connectivity index (χ3v) is 6.68. The summed E-state index contributed by atoms with van der Waals surface area (Å²) < 4.78 is 3.38. The minimum Gasteiger partial charge on any atom is -0.383 e. The summed E-state index contributed by atoms with van der Waals surface area (Å²) in [6.45, 7) is 5.19. The maximum absolute atomic E-state index is 11.7. The fourth-order valence-corrected chi connectivity index (χ4v) is 5.14. The Morgan fingerprint density at radius 1 is 1.24 bits per heavy atom. The zero-order chi connectivity index (χ0) is 20.1. The van der Waals surface area contributed by atoms with Crippen molar-refractivity contribution in [1.29, 1.82) is 0 Å². The minimum atomic E-state index is 0.140. The van der Waals surface area contributed by atoms with Gasteiger partial charge in [-0.15, -0.1) is 11.3 Å². The van der Waals surface area contributed by atoms with Crippen molar-refractivity contribution in [3.8, 4) is 11.1 Å². The van der Waals surface area contributed by atoms with Crippen LogP contribution in [0, 0.1) is 6.92 Å². The first-order chi connectivity index (χ1) is 14.0. The molecule has 0 aliphatic carbocycles. The number of nitrogens with zero attached hydrogens (tertiary/aromatic N) is 5. The SMILES string of the molecule is CC(=O)N1CCC(n2cc(-c3ccc4nc(C)sc4c3)c3c(N)ncnc32)CC1. The number of carbonyl (C=O) groups excluding carboxylic acids is 1. The highest BCUT2D eigenvalue weighted by Crippen LogP contribution is 2.38. The van der Waals surface area contributed by atoms with Crippen LogP contribution in [0.2, 0.25) is 0 Å². The van der Waals surface area contributed by atoms with Gasteiger partial charge in [0, 0.05) is 37.8 Å². The van der Waals surface area contributed by atoms with Crippen LogP contribution in [0.25, 0.3) is 32.4 Å². The van der Waals surface area contributed by atoms with Gasteiger partial charge in [-0.1, -0.05) is 6.07 Å². The molecule has 4 heterocycles. The van der Waals surface area contributed by atoms with Gasteiger partial charge < -0.3 is 15.2 Å². The van der Waals surface area contributed by atoms with E-state index in [-0.39, 0.29) is 11.9 Å². The number of piperidine rings is 1. The highest BCUT2D eigenvalue weighted by atomic mass is 32.1. The van der Waals surface area contributed by atoms with Crippen LogP contribution in [-0.2, 0) is 4.79 Å². The molecule has 1 aliphatic heterocycles. The van der Waals surface area contributed by atoms with E-state index in [4.69, 9.17) is 5.73 Å². The van der Waals surface area contributed by atoms with Gasteiger partial charge in [-0.05, 0) is 37.5 Å². The molecule has 0 radical (unpaired) electrons. The zero-order valence-electron chi connectivity index (χ0n) is 16.4. The summed E-state index contributed by atoms with van der Waals surface area (Å²) >= 11 is 1.69. The smallest absolute Gasteiger partial charge is 0.219 e. The van der Waals surface area contributed by atoms with Crippen LogP contribution in [0.5, 0.6) is 0 Å². The molecule has 0 spiro atoms. The molecule has 4 aromatic rings. The molecule has 148 valence electrons. The minimum absolute atomic E-state index is 0.140. The van der Waals surface area contributed by atoms with Crippen LogP contribution in [0.4, 0.5) is 5.82 Å². The molecule has 0 bridgehead atoms. The number of likely N-dealkylation sites (tertiary alicyclic amines) is 1. The van der Waals surface area contributed by atoms with Crippen molar-refractivity contribution in [2.45, 2.75) is 32.7 Å². The number of hydrogen-bond acceptors (Lipinski definition) is 6. The number of fused-ring (bicyclic) bond motifs is 2. The third-order valence-electron chi connectivity index (χ3n) is 5.75. The Balaban J connectivity index is 1.62. The molecule has 0 saturated carbocycles. The second kappa shape index (κ2) is 6.81. The number of anilines is 1. The van der Waals surface area contributed by atoms with Crippen LogP contribution in [0.3, 0.4) is 0 Å². The Morgan fingerprint density at radius 3 is 2.79 bits per heavy atom. The number of nitrogens with two attached hydrogens (primary N) is 1. The summed E-state index contributed by atoms with van der Waals surface area (Å²) in [6, 6.07) is 6.60. The predicted octanol–water partition coefficient (Wildman–Crippen LogP) is 3.78. The molecular weight excluding hydrogens is 384 g/mol. The number of thiazole rings is 1.